The van der Waals surface area contributed by atoms with Crippen LogP contribution in [0.1, 0.15) is 22.5 Å². The Morgan fingerprint density at radius 2 is 2.10 bits per heavy atom. The average Bonchev–Trinajstić information content (AvgIpc) is 2.90. The number of rotatable bonds is 2. The molecule has 1 atom stereocenters. The number of aryl methyl sites for hydroxylation is 2. The monoisotopic (exact) mass is 306 g/mol. The number of carbonyl (C=O) groups excluding carboxylic acids is 1. The van der Waals surface area contributed by atoms with Crippen molar-refractivity contribution in [1.82, 2.24) is 9.88 Å². The summed E-state index contributed by atoms with van der Waals surface area (Å²) in [6, 6.07) is 7.59. The Bertz CT molecular complexity index is 821. The zero-order valence-electron chi connectivity index (χ0n) is 12.1. The summed E-state index contributed by atoms with van der Waals surface area (Å²) in [5.74, 6) is -0.0120. The summed E-state index contributed by atoms with van der Waals surface area (Å²) in [4.78, 5) is 12.4. The second-order valence-electron chi connectivity index (χ2n) is 5.72. The Morgan fingerprint density at radius 3 is 2.76 bits per heavy atom. The molecule has 0 bridgehead atoms. The molecule has 1 fully saturated rings. The van der Waals surface area contributed by atoms with Gasteiger partial charge in [-0.05, 0) is 31.0 Å². The van der Waals surface area contributed by atoms with Gasteiger partial charge in [0.05, 0.1) is 11.5 Å². The fraction of sp³-hybridized carbons (Fsp3) is 0.400. The molecule has 0 radical (unpaired) electrons. The summed E-state index contributed by atoms with van der Waals surface area (Å²) in [6.45, 7) is 2.01. The largest absolute Gasteiger partial charge is 0.347 e. The fourth-order valence-corrected chi connectivity index (χ4v) is 4.50. The Labute approximate surface area is 123 Å². The van der Waals surface area contributed by atoms with Gasteiger partial charge in [0, 0.05) is 24.0 Å². The number of carbonyl (C=O) groups is 1. The number of nitrogens with zero attached hydrogens (tertiary/aromatic N) is 1. The molecule has 0 saturated carbocycles. The van der Waals surface area contributed by atoms with E-state index in [0.29, 0.717) is 12.1 Å². The zero-order chi connectivity index (χ0) is 15.2. The lowest BCUT2D eigenvalue weighted by molar-refractivity contribution is 0.0933. The Morgan fingerprint density at radius 1 is 1.33 bits per heavy atom. The highest BCUT2D eigenvalue weighted by Crippen LogP contribution is 2.20. The van der Waals surface area contributed by atoms with Crippen LogP contribution in [-0.4, -0.2) is 36.4 Å². The van der Waals surface area contributed by atoms with Crippen molar-refractivity contribution in [3.8, 4) is 0 Å². The third-order valence-electron chi connectivity index (χ3n) is 4.00. The second kappa shape index (κ2) is 4.87. The van der Waals surface area contributed by atoms with Crippen LogP contribution in [0.4, 0.5) is 0 Å². The van der Waals surface area contributed by atoms with Gasteiger partial charge in [-0.1, -0.05) is 12.1 Å². The van der Waals surface area contributed by atoms with Crippen LogP contribution in [-0.2, 0) is 16.9 Å². The van der Waals surface area contributed by atoms with Gasteiger partial charge in [-0.25, -0.2) is 8.42 Å². The number of amides is 1. The fourth-order valence-electron chi connectivity index (χ4n) is 2.83. The van der Waals surface area contributed by atoms with Gasteiger partial charge in [0.15, 0.2) is 9.84 Å². The molecule has 1 aromatic carbocycles. The lowest BCUT2D eigenvalue weighted by Gasteiger charge is -2.11. The van der Waals surface area contributed by atoms with Gasteiger partial charge in [0.1, 0.15) is 5.69 Å². The minimum atomic E-state index is -2.99. The van der Waals surface area contributed by atoms with Crippen LogP contribution in [0, 0.1) is 6.92 Å². The summed E-state index contributed by atoms with van der Waals surface area (Å²) in [6.07, 6.45) is 0.497. The van der Waals surface area contributed by atoms with Crippen molar-refractivity contribution in [3.63, 3.8) is 0 Å². The molecule has 1 aliphatic heterocycles. The van der Waals surface area contributed by atoms with Crippen molar-refractivity contribution in [2.45, 2.75) is 19.4 Å². The first-order valence-corrected chi connectivity index (χ1v) is 8.75. The number of hydrogen-bond acceptors (Lipinski definition) is 3. The predicted molar refractivity (Wildman–Crippen MR) is 82.2 cm³/mol. The van der Waals surface area contributed by atoms with E-state index in [4.69, 9.17) is 0 Å². The van der Waals surface area contributed by atoms with E-state index in [2.05, 4.69) is 5.32 Å². The van der Waals surface area contributed by atoms with Gasteiger partial charge in [0.2, 0.25) is 0 Å². The maximum absolute atomic E-state index is 12.4. The average molecular weight is 306 g/mol. The van der Waals surface area contributed by atoms with Gasteiger partial charge < -0.3 is 9.88 Å². The summed E-state index contributed by atoms with van der Waals surface area (Å²) >= 11 is 0. The molecule has 1 unspecified atom stereocenters. The molecule has 2 aromatic rings. The highest BCUT2D eigenvalue weighted by molar-refractivity contribution is 7.91. The van der Waals surface area contributed by atoms with Crippen molar-refractivity contribution >= 4 is 26.6 Å². The first-order valence-electron chi connectivity index (χ1n) is 6.93. The van der Waals surface area contributed by atoms with E-state index in [0.717, 1.165) is 16.5 Å². The van der Waals surface area contributed by atoms with Gasteiger partial charge in [-0.15, -0.1) is 0 Å². The van der Waals surface area contributed by atoms with Gasteiger partial charge >= 0.3 is 0 Å². The third kappa shape index (κ3) is 2.68. The highest BCUT2D eigenvalue weighted by atomic mass is 32.2. The molecule has 112 valence electrons. The molecule has 1 amide bonds. The third-order valence-corrected chi connectivity index (χ3v) is 5.77. The topological polar surface area (TPSA) is 68.2 Å². The minimum absolute atomic E-state index is 0.0434. The molecule has 1 saturated heterocycles. The summed E-state index contributed by atoms with van der Waals surface area (Å²) in [5.41, 5.74) is 2.69. The quantitative estimate of drug-likeness (QED) is 0.912. The van der Waals surface area contributed by atoms with Crippen molar-refractivity contribution < 1.29 is 13.2 Å². The van der Waals surface area contributed by atoms with Crippen LogP contribution < -0.4 is 5.32 Å². The van der Waals surface area contributed by atoms with Crippen LogP contribution >= 0.6 is 0 Å². The van der Waals surface area contributed by atoms with Crippen molar-refractivity contribution in [2.75, 3.05) is 11.5 Å². The molecule has 5 nitrogen and oxygen atoms in total. The molecule has 21 heavy (non-hydrogen) atoms. The Balaban J connectivity index is 1.87. The second-order valence-corrected chi connectivity index (χ2v) is 7.95. The van der Waals surface area contributed by atoms with Gasteiger partial charge in [0.25, 0.3) is 5.91 Å². The Kier molecular flexibility index (Phi) is 3.28. The van der Waals surface area contributed by atoms with Crippen molar-refractivity contribution in [2.24, 2.45) is 7.05 Å². The van der Waals surface area contributed by atoms with E-state index in [1.807, 2.05) is 42.8 Å². The van der Waals surface area contributed by atoms with Crippen LogP contribution in [0.3, 0.4) is 0 Å². The molecular formula is C15H18N2O3S. The van der Waals surface area contributed by atoms with Crippen LogP contribution in [0.15, 0.2) is 24.3 Å². The molecule has 0 spiro atoms. The number of aromatic nitrogens is 1. The maximum Gasteiger partial charge on any atom is 0.268 e. The van der Waals surface area contributed by atoms with Gasteiger partial charge in [-0.2, -0.15) is 0 Å². The standard InChI is InChI=1S/C15H18N2O3S/c1-10-3-4-11-8-14(17(2)13(11)7-10)15(18)16-12-5-6-21(19,20)9-12/h3-4,7-8,12H,5-6,9H2,1-2H3,(H,16,18). The summed E-state index contributed by atoms with van der Waals surface area (Å²) < 4.78 is 24.7. The molecule has 6 heteroatoms. The summed E-state index contributed by atoms with van der Waals surface area (Å²) in [7, 11) is -1.14. The Hall–Kier alpha value is -1.82. The highest BCUT2D eigenvalue weighted by Gasteiger charge is 2.29. The number of sulfone groups is 1. The number of hydrogen-bond donors (Lipinski definition) is 1. The number of benzene rings is 1. The van der Waals surface area contributed by atoms with Crippen LogP contribution in [0.5, 0.6) is 0 Å². The van der Waals surface area contributed by atoms with E-state index in [1.165, 1.54) is 0 Å². The first-order chi connectivity index (χ1) is 9.85. The van der Waals surface area contributed by atoms with E-state index < -0.39 is 9.84 Å². The molecular weight excluding hydrogens is 288 g/mol. The first kappa shape index (κ1) is 14.1. The molecule has 1 aliphatic rings. The summed E-state index contributed by atoms with van der Waals surface area (Å²) in [5, 5.41) is 3.83. The van der Waals surface area contributed by atoms with E-state index >= 15 is 0 Å². The van der Waals surface area contributed by atoms with Crippen molar-refractivity contribution in [1.29, 1.82) is 0 Å². The van der Waals surface area contributed by atoms with E-state index in [-0.39, 0.29) is 23.5 Å². The lowest BCUT2D eigenvalue weighted by atomic mass is 10.2. The van der Waals surface area contributed by atoms with E-state index in [1.54, 1.807) is 0 Å². The van der Waals surface area contributed by atoms with Gasteiger partial charge in [-0.3, -0.25) is 4.79 Å². The smallest absolute Gasteiger partial charge is 0.268 e. The maximum atomic E-state index is 12.4. The minimum Gasteiger partial charge on any atom is -0.347 e. The number of nitrogens with one attached hydrogen (secondary N) is 1. The van der Waals surface area contributed by atoms with Crippen LogP contribution in [0.25, 0.3) is 10.9 Å². The normalized spacial score (nSPS) is 20.8. The molecule has 1 aromatic heterocycles. The molecule has 1 N–H and O–H groups in total. The lowest BCUT2D eigenvalue weighted by Crippen LogP contribution is -2.36. The van der Waals surface area contributed by atoms with Crippen LogP contribution in [0.2, 0.25) is 0 Å². The molecule has 0 aliphatic carbocycles. The number of fused-ring (bicyclic) bond motifs is 1. The zero-order valence-corrected chi connectivity index (χ0v) is 12.9. The molecule has 2 heterocycles. The molecule has 3 rings (SSSR count). The van der Waals surface area contributed by atoms with Crippen molar-refractivity contribution in [3.05, 3.63) is 35.5 Å². The predicted octanol–water partition coefficient (Wildman–Crippen LogP) is 1.40. The van der Waals surface area contributed by atoms with E-state index in [9.17, 15) is 13.2 Å². The SMILES string of the molecule is Cc1ccc2cc(C(=O)NC3CCS(=O)(=O)C3)n(C)c2c1.